The quantitative estimate of drug-likeness (QED) is 0.764. The molecule has 21 heavy (non-hydrogen) atoms. The van der Waals surface area contributed by atoms with Crippen molar-refractivity contribution in [2.24, 2.45) is 0 Å². The average molecular weight is 313 g/mol. The number of ether oxygens (including phenoxy) is 2. The van der Waals surface area contributed by atoms with E-state index in [1.54, 1.807) is 22.5 Å². The SMILES string of the molecule is CCCN(C)c1ccn([C@@H]2CSC(COCC)O2)c(=O)n1. The van der Waals surface area contributed by atoms with Crippen molar-refractivity contribution < 1.29 is 9.47 Å². The Morgan fingerprint density at radius 1 is 1.57 bits per heavy atom. The van der Waals surface area contributed by atoms with Gasteiger partial charge in [0.05, 0.1) is 6.61 Å². The summed E-state index contributed by atoms with van der Waals surface area (Å²) in [7, 11) is 1.94. The molecule has 0 saturated carbocycles. The molecule has 1 aliphatic rings. The van der Waals surface area contributed by atoms with Crippen LogP contribution in [0.3, 0.4) is 0 Å². The summed E-state index contributed by atoms with van der Waals surface area (Å²) in [5.74, 6) is 1.44. The summed E-state index contributed by atoms with van der Waals surface area (Å²) in [6, 6.07) is 1.86. The van der Waals surface area contributed by atoms with Gasteiger partial charge in [-0.25, -0.2) is 4.79 Å². The molecule has 1 saturated heterocycles. The fourth-order valence-electron chi connectivity index (χ4n) is 2.18. The maximum absolute atomic E-state index is 12.2. The molecule has 0 N–H and O–H groups in total. The number of aromatic nitrogens is 2. The third-order valence-corrected chi connectivity index (χ3v) is 4.36. The highest BCUT2D eigenvalue weighted by atomic mass is 32.2. The van der Waals surface area contributed by atoms with E-state index in [-0.39, 0.29) is 17.4 Å². The number of thioether (sulfide) groups is 1. The van der Waals surface area contributed by atoms with Crippen molar-refractivity contribution in [3.8, 4) is 0 Å². The van der Waals surface area contributed by atoms with E-state index in [4.69, 9.17) is 9.47 Å². The number of hydrogen-bond donors (Lipinski definition) is 0. The Kier molecular flexibility index (Phi) is 6.08. The Morgan fingerprint density at radius 3 is 3.05 bits per heavy atom. The molecular weight excluding hydrogens is 290 g/mol. The minimum absolute atomic E-state index is 0.00992. The summed E-state index contributed by atoms with van der Waals surface area (Å²) in [5, 5.41) is 0. The molecule has 0 radical (unpaired) electrons. The number of hydrogen-bond acceptors (Lipinski definition) is 6. The highest BCUT2D eigenvalue weighted by molar-refractivity contribution is 8.00. The van der Waals surface area contributed by atoms with E-state index >= 15 is 0 Å². The van der Waals surface area contributed by atoms with E-state index in [1.807, 2.05) is 24.9 Å². The second-order valence-electron chi connectivity index (χ2n) is 4.91. The Balaban J connectivity index is 2.03. The summed E-state index contributed by atoms with van der Waals surface area (Å²) in [4.78, 5) is 18.3. The van der Waals surface area contributed by atoms with Gasteiger partial charge in [0.15, 0.2) is 0 Å². The van der Waals surface area contributed by atoms with Gasteiger partial charge in [-0.15, -0.1) is 11.8 Å². The molecule has 2 rings (SSSR count). The van der Waals surface area contributed by atoms with Crippen LogP contribution in [0.2, 0.25) is 0 Å². The lowest BCUT2D eigenvalue weighted by atomic mass is 10.4. The van der Waals surface area contributed by atoms with Gasteiger partial charge in [0.1, 0.15) is 17.5 Å². The van der Waals surface area contributed by atoms with Gasteiger partial charge in [0.25, 0.3) is 0 Å². The summed E-state index contributed by atoms with van der Waals surface area (Å²) in [6.45, 7) is 6.15. The Morgan fingerprint density at radius 2 is 2.38 bits per heavy atom. The van der Waals surface area contributed by atoms with Crippen molar-refractivity contribution in [2.45, 2.75) is 31.9 Å². The molecule has 6 nitrogen and oxygen atoms in total. The molecule has 1 aliphatic heterocycles. The first-order chi connectivity index (χ1) is 10.2. The van der Waals surface area contributed by atoms with Gasteiger partial charge < -0.3 is 14.4 Å². The zero-order chi connectivity index (χ0) is 15.2. The van der Waals surface area contributed by atoms with Gasteiger partial charge in [0, 0.05) is 32.1 Å². The zero-order valence-electron chi connectivity index (χ0n) is 12.8. The van der Waals surface area contributed by atoms with Crippen LogP contribution in [-0.2, 0) is 9.47 Å². The standard InChI is InChI=1S/C14H23N3O3S/c1-4-7-16(3)11-6-8-17(14(18)15-11)12-10-21-13(20-12)9-19-5-2/h6,8,12-13H,4-5,7,9-10H2,1-3H3/t12-,13?/m0/s1. The van der Waals surface area contributed by atoms with Crippen molar-refractivity contribution >= 4 is 17.6 Å². The zero-order valence-corrected chi connectivity index (χ0v) is 13.6. The predicted octanol–water partition coefficient (Wildman–Crippen LogP) is 1.71. The maximum atomic E-state index is 12.2. The van der Waals surface area contributed by atoms with E-state index in [0.717, 1.165) is 18.7 Å². The van der Waals surface area contributed by atoms with Crippen LogP contribution in [0, 0.1) is 0 Å². The van der Waals surface area contributed by atoms with E-state index in [1.165, 1.54) is 0 Å². The van der Waals surface area contributed by atoms with Gasteiger partial charge in [-0.05, 0) is 19.4 Å². The summed E-state index contributed by atoms with van der Waals surface area (Å²) >= 11 is 1.67. The van der Waals surface area contributed by atoms with Crippen molar-refractivity contribution in [2.75, 3.05) is 37.5 Å². The second-order valence-corrected chi connectivity index (χ2v) is 6.10. The van der Waals surface area contributed by atoms with Crippen LogP contribution in [0.1, 0.15) is 26.5 Å². The molecule has 1 aromatic rings. The van der Waals surface area contributed by atoms with Gasteiger partial charge in [-0.1, -0.05) is 6.92 Å². The van der Waals surface area contributed by atoms with E-state index in [0.29, 0.717) is 19.0 Å². The first-order valence-electron chi connectivity index (χ1n) is 7.30. The Hall–Kier alpha value is -1.05. The minimum atomic E-state index is -0.266. The van der Waals surface area contributed by atoms with Crippen LogP contribution in [0.25, 0.3) is 0 Å². The summed E-state index contributed by atoms with van der Waals surface area (Å²) in [6.07, 6.45) is 2.53. The van der Waals surface area contributed by atoms with Gasteiger partial charge in [-0.2, -0.15) is 4.98 Å². The molecule has 1 aromatic heterocycles. The fraction of sp³-hybridized carbons (Fsp3) is 0.714. The molecule has 0 aromatic carbocycles. The largest absolute Gasteiger partial charge is 0.378 e. The van der Waals surface area contributed by atoms with Gasteiger partial charge >= 0.3 is 5.69 Å². The van der Waals surface area contributed by atoms with Crippen LogP contribution < -0.4 is 10.6 Å². The van der Waals surface area contributed by atoms with Crippen LogP contribution in [0.4, 0.5) is 5.82 Å². The third kappa shape index (κ3) is 4.21. The molecule has 0 amide bonds. The highest BCUT2D eigenvalue weighted by Gasteiger charge is 2.28. The molecular formula is C14H23N3O3S. The molecule has 0 bridgehead atoms. The van der Waals surface area contributed by atoms with Crippen LogP contribution in [0.5, 0.6) is 0 Å². The monoisotopic (exact) mass is 313 g/mol. The summed E-state index contributed by atoms with van der Waals surface area (Å²) < 4.78 is 12.7. The Bertz CT molecular complexity index is 508. The normalized spacial score (nSPS) is 21.7. The molecule has 1 unspecified atom stereocenters. The minimum Gasteiger partial charge on any atom is -0.378 e. The van der Waals surface area contributed by atoms with Crippen molar-refractivity contribution in [1.82, 2.24) is 9.55 Å². The Labute approximate surface area is 129 Å². The second kappa shape index (κ2) is 7.82. The van der Waals surface area contributed by atoms with Gasteiger partial charge in [0.2, 0.25) is 0 Å². The first-order valence-corrected chi connectivity index (χ1v) is 8.35. The molecule has 7 heteroatoms. The highest BCUT2D eigenvalue weighted by Crippen LogP contribution is 2.31. The van der Waals surface area contributed by atoms with Gasteiger partial charge in [-0.3, -0.25) is 4.57 Å². The predicted molar refractivity (Wildman–Crippen MR) is 84.9 cm³/mol. The number of rotatable bonds is 7. The molecule has 2 heterocycles. The van der Waals surface area contributed by atoms with Crippen LogP contribution >= 0.6 is 11.8 Å². The maximum Gasteiger partial charge on any atom is 0.351 e. The lowest BCUT2D eigenvalue weighted by Crippen LogP contribution is -2.31. The third-order valence-electron chi connectivity index (χ3n) is 3.27. The molecule has 0 aliphatic carbocycles. The van der Waals surface area contributed by atoms with E-state index < -0.39 is 0 Å². The molecule has 118 valence electrons. The summed E-state index contributed by atoms with van der Waals surface area (Å²) in [5.41, 5.74) is -0.276. The number of nitrogens with zero attached hydrogens (tertiary/aromatic N) is 3. The van der Waals surface area contributed by atoms with Crippen molar-refractivity contribution in [1.29, 1.82) is 0 Å². The first kappa shape index (κ1) is 16.3. The topological polar surface area (TPSA) is 56.6 Å². The van der Waals surface area contributed by atoms with E-state index in [2.05, 4.69) is 11.9 Å². The van der Waals surface area contributed by atoms with E-state index in [9.17, 15) is 4.79 Å². The van der Waals surface area contributed by atoms with Crippen LogP contribution in [-0.4, -0.2) is 47.5 Å². The van der Waals surface area contributed by atoms with Crippen molar-refractivity contribution in [3.05, 3.63) is 22.7 Å². The molecule has 1 fully saturated rings. The lowest BCUT2D eigenvalue weighted by Gasteiger charge is -2.19. The molecule has 0 spiro atoms. The number of anilines is 1. The van der Waals surface area contributed by atoms with Crippen molar-refractivity contribution in [3.63, 3.8) is 0 Å². The fourth-order valence-corrected chi connectivity index (χ4v) is 3.19. The van der Waals surface area contributed by atoms with Crippen LogP contribution in [0.15, 0.2) is 17.1 Å². The lowest BCUT2D eigenvalue weighted by molar-refractivity contribution is -0.0226. The average Bonchev–Trinajstić information content (AvgIpc) is 2.93. The smallest absolute Gasteiger partial charge is 0.351 e. The molecule has 2 atom stereocenters.